The van der Waals surface area contributed by atoms with Gasteiger partial charge < -0.3 is 9.47 Å². The van der Waals surface area contributed by atoms with Crippen LogP contribution in [0.15, 0.2) is 60.7 Å². The maximum atomic E-state index is 11.5. The Morgan fingerprint density at radius 1 is 0.926 bits per heavy atom. The van der Waals surface area contributed by atoms with Gasteiger partial charge in [-0.05, 0) is 38.9 Å². The van der Waals surface area contributed by atoms with Crippen LogP contribution in [0.3, 0.4) is 0 Å². The fourth-order valence-electron chi connectivity index (χ4n) is 3.17. The normalized spacial score (nSPS) is 14.0. The molecule has 0 N–H and O–H groups in total. The zero-order valence-corrected chi connectivity index (χ0v) is 17.1. The van der Waals surface area contributed by atoms with Crippen LogP contribution < -0.4 is 0 Å². The SMILES string of the molecule is CC(=O)OCC(C)(c1ccccc1)N(C)C(C)(C)COCc1ccccc1. The molecule has 0 aliphatic rings. The second-order valence-corrected chi connectivity index (χ2v) is 7.77. The third-order valence-electron chi connectivity index (χ3n) is 5.17. The van der Waals surface area contributed by atoms with Crippen molar-refractivity contribution in [2.75, 3.05) is 20.3 Å². The van der Waals surface area contributed by atoms with Gasteiger partial charge in [-0.15, -0.1) is 0 Å². The highest BCUT2D eigenvalue weighted by atomic mass is 16.5. The van der Waals surface area contributed by atoms with E-state index in [2.05, 4.69) is 57.0 Å². The summed E-state index contributed by atoms with van der Waals surface area (Å²) in [7, 11) is 2.06. The van der Waals surface area contributed by atoms with E-state index in [-0.39, 0.29) is 18.1 Å². The van der Waals surface area contributed by atoms with Crippen LogP contribution in [0.2, 0.25) is 0 Å². The standard InChI is InChI=1S/C23H31NO3/c1-19(25)27-18-23(4,21-14-10-7-11-15-21)24(5)22(2,3)17-26-16-20-12-8-6-9-13-20/h6-15H,16-18H2,1-5H3. The highest BCUT2D eigenvalue weighted by Gasteiger charge is 2.40. The van der Waals surface area contributed by atoms with Crippen molar-refractivity contribution in [2.24, 2.45) is 0 Å². The molecule has 4 heteroatoms. The molecule has 2 rings (SSSR count). The molecule has 0 heterocycles. The Kier molecular flexibility index (Phi) is 7.17. The maximum Gasteiger partial charge on any atom is 0.302 e. The average molecular weight is 370 g/mol. The number of benzene rings is 2. The molecule has 0 aliphatic heterocycles. The number of esters is 1. The van der Waals surface area contributed by atoms with E-state index in [0.29, 0.717) is 13.2 Å². The van der Waals surface area contributed by atoms with Crippen LogP contribution in [-0.4, -0.2) is 36.7 Å². The van der Waals surface area contributed by atoms with E-state index in [0.717, 1.165) is 11.1 Å². The molecular weight excluding hydrogens is 338 g/mol. The van der Waals surface area contributed by atoms with Crippen molar-refractivity contribution in [1.82, 2.24) is 4.90 Å². The van der Waals surface area contributed by atoms with Crippen molar-refractivity contribution in [3.05, 3.63) is 71.8 Å². The minimum Gasteiger partial charge on any atom is -0.464 e. The zero-order chi connectivity index (χ0) is 19.9. The highest BCUT2D eigenvalue weighted by Crippen LogP contribution is 2.33. The number of rotatable bonds is 9. The van der Waals surface area contributed by atoms with Gasteiger partial charge in [-0.2, -0.15) is 0 Å². The minimum absolute atomic E-state index is 0.264. The molecule has 27 heavy (non-hydrogen) atoms. The molecule has 0 saturated carbocycles. The van der Waals surface area contributed by atoms with E-state index >= 15 is 0 Å². The van der Waals surface area contributed by atoms with Crippen LogP contribution in [0.5, 0.6) is 0 Å². The van der Waals surface area contributed by atoms with Gasteiger partial charge in [0.1, 0.15) is 6.61 Å². The smallest absolute Gasteiger partial charge is 0.302 e. The van der Waals surface area contributed by atoms with Crippen LogP contribution in [0.25, 0.3) is 0 Å². The lowest BCUT2D eigenvalue weighted by Crippen LogP contribution is -2.57. The summed E-state index contributed by atoms with van der Waals surface area (Å²) < 4.78 is 11.4. The van der Waals surface area contributed by atoms with Crippen molar-refractivity contribution in [1.29, 1.82) is 0 Å². The number of carbonyl (C=O) groups is 1. The first-order valence-corrected chi connectivity index (χ1v) is 9.30. The minimum atomic E-state index is -0.466. The van der Waals surface area contributed by atoms with Gasteiger partial charge in [-0.3, -0.25) is 9.69 Å². The second-order valence-electron chi connectivity index (χ2n) is 7.77. The molecule has 146 valence electrons. The molecule has 2 aromatic rings. The van der Waals surface area contributed by atoms with Crippen LogP contribution >= 0.6 is 0 Å². The van der Waals surface area contributed by atoms with Gasteiger partial charge in [0, 0.05) is 12.5 Å². The molecule has 0 amide bonds. The van der Waals surface area contributed by atoms with Gasteiger partial charge in [0.25, 0.3) is 0 Å². The van der Waals surface area contributed by atoms with Gasteiger partial charge in [-0.1, -0.05) is 60.7 Å². The summed E-state index contributed by atoms with van der Waals surface area (Å²) in [6.07, 6.45) is 0. The number of ether oxygens (including phenoxy) is 2. The summed E-state index contributed by atoms with van der Waals surface area (Å²) in [5.74, 6) is -0.274. The molecule has 0 saturated heterocycles. The topological polar surface area (TPSA) is 38.8 Å². The summed E-state index contributed by atoms with van der Waals surface area (Å²) in [5, 5.41) is 0. The first-order chi connectivity index (χ1) is 12.8. The van der Waals surface area contributed by atoms with Crippen molar-refractivity contribution in [3.63, 3.8) is 0 Å². The Labute approximate surface area is 163 Å². The Bertz CT molecular complexity index is 715. The lowest BCUT2D eigenvalue weighted by atomic mass is 9.87. The lowest BCUT2D eigenvalue weighted by molar-refractivity contribution is -0.148. The van der Waals surface area contributed by atoms with Crippen molar-refractivity contribution < 1.29 is 14.3 Å². The van der Waals surface area contributed by atoms with E-state index in [4.69, 9.17) is 9.47 Å². The van der Waals surface area contributed by atoms with Crippen molar-refractivity contribution in [3.8, 4) is 0 Å². The first-order valence-electron chi connectivity index (χ1n) is 9.30. The van der Waals surface area contributed by atoms with Gasteiger partial charge in [-0.25, -0.2) is 0 Å². The molecule has 4 nitrogen and oxygen atoms in total. The van der Waals surface area contributed by atoms with Crippen molar-refractivity contribution >= 4 is 5.97 Å². The van der Waals surface area contributed by atoms with E-state index in [9.17, 15) is 4.79 Å². The van der Waals surface area contributed by atoms with Gasteiger partial charge >= 0.3 is 5.97 Å². The number of hydrogen-bond donors (Lipinski definition) is 0. The van der Waals surface area contributed by atoms with E-state index in [1.807, 2.05) is 36.4 Å². The second kappa shape index (κ2) is 9.16. The molecule has 0 fully saturated rings. The van der Waals surface area contributed by atoms with E-state index < -0.39 is 5.54 Å². The molecule has 1 atom stereocenters. The third kappa shape index (κ3) is 5.65. The summed E-state index contributed by atoms with van der Waals surface area (Å²) >= 11 is 0. The summed E-state index contributed by atoms with van der Waals surface area (Å²) in [5.41, 5.74) is 1.53. The first kappa shape index (κ1) is 21.1. The van der Waals surface area contributed by atoms with E-state index in [1.54, 1.807) is 0 Å². The number of carbonyl (C=O) groups excluding carboxylic acids is 1. The van der Waals surface area contributed by atoms with Gasteiger partial charge in [0.15, 0.2) is 0 Å². The van der Waals surface area contributed by atoms with E-state index in [1.165, 1.54) is 6.92 Å². The number of likely N-dealkylation sites (N-methyl/N-ethyl adjacent to an activating group) is 1. The molecule has 0 spiro atoms. The Morgan fingerprint density at radius 3 is 2.04 bits per heavy atom. The lowest BCUT2D eigenvalue weighted by Gasteiger charge is -2.47. The fraction of sp³-hybridized carbons (Fsp3) is 0.435. The van der Waals surface area contributed by atoms with Crippen LogP contribution in [0.1, 0.15) is 38.8 Å². The summed E-state index contributed by atoms with van der Waals surface area (Å²) in [6.45, 7) is 9.25. The maximum absolute atomic E-state index is 11.5. The molecule has 0 bridgehead atoms. The average Bonchev–Trinajstić information content (AvgIpc) is 2.67. The third-order valence-corrected chi connectivity index (χ3v) is 5.17. The summed E-state index contributed by atoms with van der Waals surface area (Å²) in [4.78, 5) is 13.7. The molecule has 0 radical (unpaired) electrons. The van der Waals surface area contributed by atoms with Crippen LogP contribution in [0.4, 0.5) is 0 Å². The quantitative estimate of drug-likeness (QED) is 0.615. The monoisotopic (exact) mass is 369 g/mol. The molecule has 0 aliphatic carbocycles. The Morgan fingerprint density at radius 2 is 1.48 bits per heavy atom. The van der Waals surface area contributed by atoms with Gasteiger partial charge in [0.2, 0.25) is 0 Å². The predicted octanol–water partition coefficient (Wildman–Crippen LogP) is 4.39. The largest absolute Gasteiger partial charge is 0.464 e. The van der Waals surface area contributed by atoms with Crippen LogP contribution in [0, 0.1) is 0 Å². The van der Waals surface area contributed by atoms with Gasteiger partial charge in [0.05, 0.1) is 18.8 Å². The zero-order valence-electron chi connectivity index (χ0n) is 17.1. The fourth-order valence-corrected chi connectivity index (χ4v) is 3.17. The Balaban J connectivity index is 2.14. The van der Waals surface area contributed by atoms with Crippen molar-refractivity contribution in [2.45, 2.75) is 45.4 Å². The predicted molar refractivity (Wildman–Crippen MR) is 108 cm³/mol. The summed E-state index contributed by atoms with van der Waals surface area (Å²) in [6, 6.07) is 20.3. The molecule has 1 unspecified atom stereocenters. The number of nitrogens with zero attached hydrogens (tertiary/aromatic N) is 1. The highest BCUT2D eigenvalue weighted by molar-refractivity contribution is 5.66. The number of hydrogen-bond acceptors (Lipinski definition) is 4. The molecular formula is C23H31NO3. The molecule has 0 aromatic heterocycles. The Hall–Kier alpha value is -2.17. The van der Waals surface area contributed by atoms with Crippen LogP contribution in [-0.2, 0) is 26.4 Å². The molecule has 2 aromatic carbocycles.